The van der Waals surface area contributed by atoms with Crippen molar-refractivity contribution in [2.75, 3.05) is 39.3 Å². The van der Waals surface area contributed by atoms with Crippen LogP contribution < -0.4 is 0 Å². The molecule has 0 saturated carbocycles. The van der Waals surface area contributed by atoms with Crippen LogP contribution in [0.3, 0.4) is 0 Å². The molecule has 0 amide bonds. The summed E-state index contributed by atoms with van der Waals surface area (Å²) in [7, 11) is 0. The Morgan fingerprint density at radius 3 is 1.90 bits per heavy atom. The number of rotatable bonds is 4. The van der Waals surface area contributed by atoms with E-state index in [1.165, 1.54) is 65.0 Å². The quantitative estimate of drug-likeness (QED) is 0.753. The third-order valence-corrected chi connectivity index (χ3v) is 5.69. The van der Waals surface area contributed by atoms with Gasteiger partial charge in [0.25, 0.3) is 0 Å². The molecular formula is C19H40N2. The van der Waals surface area contributed by atoms with Crippen molar-refractivity contribution in [3.05, 3.63) is 0 Å². The van der Waals surface area contributed by atoms with E-state index in [1.54, 1.807) is 0 Å². The van der Waals surface area contributed by atoms with E-state index in [9.17, 15) is 0 Å². The molecule has 126 valence electrons. The first kappa shape index (κ1) is 19.0. The van der Waals surface area contributed by atoms with Crippen molar-refractivity contribution < 1.29 is 0 Å². The fraction of sp³-hybridized carbons (Fsp3) is 1.00. The lowest BCUT2D eigenvalue weighted by molar-refractivity contribution is 0.0566. The van der Waals surface area contributed by atoms with Gasteiger partial charge in [-0.25, -0.2) is 0 Å². The van der Waals surface area contributed by atoms with E-state index in [-0.39, 0.29) is 0 Å². The summed E-state index contributed by atoms with van der Waals surface area (Å²) < 4.78 is 0. The van der Waals surface area contributed by atoms with Crippen molar-refractivity contribution in [2.45, 2.75) is 67.2 Å². The SMILES string of the molecule is CC.CCN1CCC(C)(CN2CCC(C(C)C)CC2)CC1. The highest BCUT2D eigenvalue weighted by Gasteiger charge is 2.32. The highest BCUT2D eigenvalue weighted by molar-refractivity contribution is 4.86. The molecule has 2 aliphatic heterocycles. The summed E-state index contributed by atoms with van der Waals surface area (Å²) >= 11 is 0. The van der Waals surface area contributed by atoms with Gasteiger partial charge in [-0.2, -0.15) is 0 Å². The fourth-order valence-electron chi connectivity index (χ4n) is 3.88. The lowest BCUT2D eigenvalue weighted by Gasteiger charge is -2.44. The summed E-state index contributed by atoms with van der Waals surface area (Å²) in [6, 6.07) is 0. The zero-order chi connectivity index (χ0) is 15.9. The maximum Gasteiger partial charge on any atom is 0.00363 e. The minimum absolute atomic E-state index is 0.580. The van der Waals surface area contributed by atoms with Gasteiger partial charge in [-0.15, -0.1) is 0 Å². The minimum Gasteiger partial charge on any atom is -0.304 e. The maximum absolute atomic E-state index is 2.75. The summed E-state index contributed by atoms with van der Waals surface area (Å²) in [4.78, 5) is 5.35. The molecule has 21 heavy (non-hydrogen) atoms. The number of hydrogen-bond donors (Lipinski definition) is 0. The monoisotopic (exact) mass is 296 g/mol. The molecule has 0 aromatic rings. The van der Waals surface area contributed by atoms with Crippen LogP contribution in [-0.2, 0) is 0 Å². The van der Waals surface area contributed by atoms with Gasteiger partial charge in [0.15, 0.2) is 0 Å². The smallest absolute Gasteiger partial charge is 0.00363 e. The summed E-state index contributed by atoms with van der Waals surface area (Å²) in [5.41, 5.74) is 0.580. The van der Waals surface area contributed by atoms with E-state index < -0.39 is 0 Å². The molecule has 2 nitrogen and oxygen atoms in total. The maximum atomic E-state index is 2.75. The van der Waals surface area contributed by atoms with Gasteiger partial charge in [-0.1, -0.05) is 41.5 Å². The molecular weight excluding hydrogens is 256 g/mol. The lowest BCUT2D eigenvalue weighted by Crippen LogP contribution is -2.46. The molecule has 0 bridgehead atoms. The molecule has 2 heterocycles. The Labute approximate surface area is 134 Å². The first-order valence-corrected chi connectivity index (χ1v) is 9.47. The van der Waals surface area contributed by atoms with Gasteiger partial charge in [-0.05, 0) is 75.7 Å². The Hall–Kier alpha value is -0.0800. The summed E-state index contributed by atoms with van der Waals surface area (Å²) in [5, 5.41) is 0. The van der Waals surface area contributed by atoms with E-state index >= 15 is 0 Å². The van der Waals surface area contributed by atoms with Gasteiger partial charge in [0, 0.05) is 6.54 Å². The molecule has 0 radical (unpaired) electrons. The molecule has 2 heteroatoms. The molecule has 0 spiro atoms. The number of likely N-dealkylation sites (tertiary alicyclic amines) is 2. The van der Waals surface area contributed by atoms with Crippen molar-refractivity contribution in [1.29, 1.82) is 0 Å². The Bertz CT molecular complexity index is 259. The summed E-state index contributed by atoms with van der Waals surface area (Å²) in [6.07, 6.45) is 5.64. The third-order valence-electron chi connectivity index (χ3n) is 5.69. The molecule has 2 aliphatic rings. The molecule has 0 aromatic carbocycles. The first-order chi connectivity index (χ1) is 10.0. The van der Waals surface area contributed by atoms with Crippen LogP contribution in [0.25, 0.3) is 0 Å². The second kappa shape index (κ2) is 9.15. The van der Waals surface area contributed by atoms with Crippen LogP contribution in [0.2, 0.25) is 0 Å². The molecule has 0 atom stereocenters. The molecule has 2 rings (SSSR count). The van der Waals surface area contributed by atoms with Crippen LogP contribution in [0.15, 0.2) is 0 Å². The van der Waals surface area contributed by atoms with Crippen LogP contribution in [-0.4, -0.2) is 49.1 Å². The topological polar surface area (TPSA) is 6.48 Å². The molecule has 0 aromatic heterocycles. The minimum atomic E-state index is 0.580. The van der Waals surface area contributed by atoms with Gasteiger partial charge < -0.3 is 9.80 Å². The van der Waals surface area contributed by atoms with Crippen molar-refractivity contribution >= 4 is 0 Å². The number of hydrogen-bond acceptors (Lipinski definition) is 2. The Kier molecular flexibility index (Phi) is 8.26. The largest absolute Gasteiger partial charge is 0.304 e. The van der Waals surface area contributed by atoms with Gasteiger partial charge in [0.05, 0.1) is 0 Å². The average Bonchev–Trinajstić information content (AvgIpc) is 2.50. The fourth-order valence-corrected chi connectivity index (χ4v) is 3.88. The van der Waals surface area contributed by atoms with Crippen LogP contribution in [0.5, 0.6) is 0 Å². The van der Waals surface area contributed by atoms with Crippen LogP contribution in [0, 0.1) is 17.3 Å². The van der Waals surface area contributed by atoms with Crippen LogP contribution in [0.4, 0.5) is 0 Å². The standard InChI is InChI=1S/C17H34N2.C2H6/c1-5-18-12-8-17(4,9-13-18)14-19-10-6-16(7-11-19)15(2)3;1-2/h15-16H,5-14H2,1-4H3;1-2H3. The molecule has 0 N–H and O–H groups in total. The van der Waals surface area contributed by atoms with Crippen molar-refractivity contribution in [3.8, 4) is 0 Å². The number of piperidine rings is 2. The Balaban J connectivity index is 0.00000106. The van der Waals surface area contributed by atoms with Gasteiger partial charge in [-0.3, -0.25) is 0 Å². The lowest BCUT2D eigenvalue weighted by atomic mass is 9.78. The second-order valence-corrected chi connectivity index (χ2v) is 7.60. The normalized spacial score (nSPS) is 24.7. The van der Waals surface area contributed by atoms with Crippen LogP contribution >= 0.6 is 0 Å². The van der Waals surface area contributed by atoms with Gasteiger partial charge in [0.1, 0.15) is 0 Å². The predicted molar refractivity (Wildman–Crippen MR) is 94.8 cm³/mol. The predicted octanol–water partition coefficient (Wildman–Crippen LogP) is 4.50. The van der Waals surface area contributed by atoms with E-state index in [1.807, 2.05) is 13.8 Å². The molecule has 2 saturated heterocycles. The van der Waals surface area contributed by atoms with E-state index in [2.05, 4.69) is 37.5 Å². The molecule has 2 fully saturated rings. The Morgan fingerprint density at radius 2 is 1.48 bits per heavy atom. The second-order valence-electron chi connectivity index (χ2n) is 7.60. The first-order valence-electron chi connectivity index (χ1n) is 9.47. The summed E-state index contributed by atoms with van der Waals surface area (Å²) in [6.45, 7) is 21.5. The van der Waals surface area contributed by atoms with Crippen molar-refractivity contribution in [2.24, 2.45) is 17.3 Å². The highest BCUT2D eigenvalue weighted by Crippen LogP contribution is 2.33. The average molecular weight is 297 g/mol. The van der Waals surface area contributed by atoms with Gasteiger partial charge >= 0.3 is 0 Å². The van der Waals surface area contributed by atoms with Crippen LogP contribution in [0.1, 0.15) is 67.2 Å². The van der Waals surface area contributed by atoms with Crippen molar-refractivity contribution in [3.63, 3.8) is 0 Å². The number of nitrogens with zero attached hydrogens (tertiary/aromatic N) is 2. The third kappa shape index (κ3) is 5.90. The van der Waals surface area contributed by atoms with Crippen molar-refractivity contribution in [1.82, 2.24) is 9.80 Å². The van der Waals surface area contributed by atoms with E-state index in [4.69, 9.17) is 0 Å². The highest BCUT2D eigenvalue weighted by atomic mass is 15.2. The molecule has 0 unspecified atom stereocenters. The summed E-state index contributed by atoms with van der Waals surface area (Å²) in [5.74, 6) is 1.86. The molecule has 0 aliphatic carbocycles. The van der Waals surface area contributed by atoms with E-state index in [0.717, 1.165) is 11.8 Å². The zero-order valence-electron chi connectivity index (χ0n) is 15.6. The van der Waals surface area contributed by atoms with E-state index in [0.29, 0.717) is 5.41 Å². The Morgan fingerprint density at radius 1 is 0.952 bits per heavy atom. The van der Waals surface area contributed by atoms with Gasteiger partial charge in [0.2, 0.25) is 0 Å². The zero-order valence-corrected chi connectivity index (χ0v) is 15.6.